The Morgan fingerprint density at radius 3 is 2.80 bits per heavy atom. The molecule has 0 aliphatic heterocycles. The van der Waals surface area contributed by atoms with Gasteiger partial charge in [0.15, 0.2) is 5.82 Å². The Hall–Kier alpha value is -1.33. The first-order valence-corrected chi connectivity index (χ1v) is 8.00. The summed E-state index contributed by atoms with van der Waals surface area (Å²) in [5, 5.41) is 14.0. The molecule has 1 aromatic carbocycles. The average Bonchev–Trinajstić information content (AvgIpc) is 2.95. The van der Waals surface area contributed by atoms with Gasteiger partial charge in [-0.25, -0.2) is 0 Å². The van der Waals surface area contributed by atoms with Gasteiger partial charge in [0.25, 0.3) is 0 Å². The van der Waals surface area contributed by atoms with E-state index in [4.69, 9.17) is 4.52 Å². The second-order valence-corrected chi connectivity index (χ2v) is 6.16. The van der Waals surface area contributed by atoms with Gasteiger partial charge >= 0.3 is 0 Å². The number of aromatic nitrogens is 2. The Morgan fingerprint density at radius 1 is 1.20 bits per heavy atom. The van der Waals surface area contributed by atoms with Crippen molar-refractivity contribution in [3.63, 3.8) is 0 Å². The Labute approximate surface area is 122 Å². The fraction of sp³-hybridized carbons (Fsp3) is 0.467. The molecule has 5 heteroatoms. The highest BCUT2D eigenvalue weighted by Crippen LogP contribution is 2.32. The monoisotopic (exact) mass is 290 g/mol. The Bertz CT molecular complexity index is 544. The molecule has 20 heavy (non-hydrogen) atoms. The standard InChI is InChI=1S/C15H18N2O2S/c18-13-9-5-4-8-12(13)15-16-14(17-19-15)10-20-11-6-2-1-3-7-11/h1-3,6-7,12-13,18H,4-5,8-10H2. The molecule has 1 saturated carbocycles. The molecule has 1 aliphatic rings. The van der Waals surface area contributed by atoms with Crippen molar-refractivity contribution in [2.45, 2.75) is 48.4 Å². The second-order valence-electron chi connectivity index (χ2n) is 5.11. The summed E-state index contributed by atoms with van der Waals surface area (Å²) in [7, 11) is 0. The van der Waals surface area contributed by atoms with Crippen LogP contribution < -0.4 is 0 Å². The van der Waals surface area contributed by atoms with Crippen molar-refractivity contribution in [3.8, 4) is 0 Å². The lowest BCUT2D eigenvalue weighted by Crippen LogP contribution is -2.22. The van der Waals surface area contributed by atoms with Crippen molar-refractivity contribution >= 4 is 11.8 Å². The van der Waals surface area contributed by atoms with Crippen molar-refractivity contribution in [2.75, 3.05) is 0 Å². The van der Waals surface area contributed by atoms with Gasteiger partial charge in [-0.2, -0.15) is 4.98 Å². The van der Waals surface area contributed by atoms with Gasteiger partial charge in [-0.3, -0.25) is 0 Å². The van der Waals surface area contributed by atoms with E-state index < -0.39 is 0 Å². The molecule has 0 amide bonds. The van der Waals surface area contributed by atoms with Crippen LogP contribution in [0.4, 0.5) is 0 Å². The highest BCUT2D eigenvalue weighted by atomic mass is 32.2. The van der Waals surface area contributed by atoms with Crippen LogP contribution in [0, 0.1) is 0 Å². The van der Waals surface area contributed by atoms with E-state index in [1.807, 2.05) is 18.2 Å². The van der Waals surface area contributed by atoms with Crippen molar-refractivity contribution in [2.24, 2.45) is 0 Å². The average molecular weight is 290 g/mol. The number of hydrogen-bond acceptors (Lipinski definition) is 5. The van der Waals surface area contributed by atoms with Crippen LogP contribution in [0.2, 0.25) is 0 Å². The summed E-state index contributed by atoms with van der Waals surface area (Å²) < 4.78 is 5.33. The summed E-state index contributed by atoms with van der Waals surface area (Å²) in [6, 6.07) is 10.2. The lowest BCUT2D eigenvalue weighted by atomic mass is 9.86. The summed E-state index contributed by atoms with van der Waals surface area (Å²) in [6.45, 7) is 0. The van der Waals surface area contributed by atoms with E-state index in [1.54, 1.807) is 11.8 Å². The molecule has 2 aromatic rings. The summed E-state index contributed by atoms with van der Waals surface area (Å²) >= 11 is 1.69. The number of aliphatic hydroxyl groups excluding tert-OH is 1. The van der Waals surface area contributed by atoms with Crippen LogP contribution in [-0.4, -0.2) is 21.4 Å². The molecule has 106 valence electrons. The first kappa shape index (κ1) is 13.6. The topological polar surface area (TPSA) is 59.2 Å². The van der Waals surface area contributed by atoms with Gasteiger partial charge in [0, 0.05) is 4.90 Å². The first-order chi connectivity index (χ1) is 9.83. The van der Waals surface area contributed by atoms with Crippen LogP contribution in [0.5, 0.6) is 0 Å². The minimum Gasteiger partial charge on any atom is -0.392 e. The van der Waals surface area contributed by atoms with Gasteiger partial charge in [-0.15, -0.1) is 11.8 Å². The van der Waals surface area contributed by atoms with E-state index in [-0.39, 0.29) is 12.0 Å². The zero-order valence-electron chi connectivity index (χ0n) is 11.2. The Kier molecular flexibility index (Phi) is 4.38. The Morgan fingerprint density at radius 2 is 2.00 bits per heavy atom. The summed E-state index contributed by atoms with van der Waals surface area (Å²) in [4.78, 5) is 5.63. The number of hydrogen-bond donors (Lipinski definition) is 1. The van der Waals surface area contributed by atoms with Crippen molar-refractivity contribution in [1.29, 1.82) is 0 Å². The molecule has 1 N–H and O–H groups in total. The van der Waals surface area contributed by atoms with Gasteiger partial charge in [0.2, 0.25) is 5.89 Å². The van der Waals surface area contributed by atoms with E-state index in [1.165, 1.54) is 4.90 Å². The third-order valence-corrected chi connectivity index (χ3v) is 4.65. The molecule has 0 bridgehead atoms. The maximum atomic E-state index is 10.0. The highest BCUT2D eigenvalue weighted by molar-refractivity contribution is 7.98. The van der Waals surface area contributed by atoms with Crippen LogP contribution in [0.25, 0.3) is 0 Å². The van der Waals surface area contributed by atoms with E-state index in [2.05, 4.69) is 22.3 Å². The third kappa shape index (κ3) is 3.22. The lowest BCUT2D eigenvalue weighted by molar-refractivity contribution is 0.0908. The van der Waals surface area contributed by atoms with Gasteiger partial charge in [0.1, 0.15) is 0 Å². The molecule has 0 saturated heterocycles. The fourth-order valence-corrected chi connectivity index (χ4v) is 3.30. The molecule has 0 spiro atoms. The summed E-state index contributed by atoms with van der Waals surface area (Å²) in [5.41, 5.74) is 0. The maximum Gasteiger partial charge on any atom is 0.232 e. The first-order valence-electron chi connectivity index (χ1n) is 7.01. The number of thioether (sulfide) groups is 1. The van der Waals surface area contributed by atoms with Crippen LogP contribution in [0.3, 0.4) is 0 Å². The minimum absolute atomic E-state index is 0.0201. The zero-order chi connectivity index (χ0) is 13.8. The molecule has 1 fully saturated rings. The van der Waals surface area contributed by atoms with Crippen molar-refractivity contribution in [3.05, 3.63) is 42.0 Å². The Balaban J connectivity index is 1.62. The van der Waals surface area contributed by atoms with E-state index in [0.717, 1.165) is 25.7 Å². The molecule has 0 radical (unpaired) electrons. The van der Waals surface area contributed by atoms with E-state index >= 15 is 0 Å². The summed E-state index contributed by atoms with van der Waals surface area (Å²) in [5.74, 6) is 2.01. The van der Waals surface area contributed by atoms with Crippen LogP contribution >= 0.6 is 11.8 Å². The van der Waals surface area contributed by atoms with Crippen LogP contribution in [0.1, 0.15) is 43.3 Å². The summed E-state index contributed by atoms with van der Waals surface area (Å²) in [6.07, 6.45) is 3.65. The molecule has 2 unspecified atom stereocenters. The normalized spacial score (nSPS) is 22.9. The van der Waals surface area contributed by atoms with Crippen molar-refractivity contribution < 1.29 is 9.63 Å². The van der Waals surface area contributed by atoms with Gasteiger partial charge < -0.3 is 9.63 Å². The quantitative estimate of drug-likeness (QED) is 0.875. The molecular weight excluding hydrogens is 272 g/mol. The lowest BCUT2D eigenvalue weighted by Gasteiger charge is -2.24. The smallest absolute Gasteiger partial charge is 0.232 e. The minimum atomic E-state index is -0.334. The molecule has 1 aromatic heterocycles. The maximum absolute atomic E-state index is 10.0. The number of aliphatic hydroxyl groups is 1. The van der Waals surface area contributed by atoms with Gasteiger partial charge in [0.05, 0.1) is 17.8 Å². The molecule has 3 rings (SSSR count). The largest absolute Gasteiger partial charge is 0.392 e. The van der Waals surface area contributed by atoms with Crippen LogP contribution in [0.15, 0.2) is 39.8 Å². The van der Waals surface area contributed by atoms with E-state index in [0.29, 0.717) is 17.5 Å². The van der Waals surface area contributed by atoms with Gasteiger partial charge in [-0.1, -0.05) is 36.2 Å². The third-order valence-electron chi connectivity index (χ3n) is 3.64. The second kappa shape index (κ2) is 6.41. The predicted octanol–water partition coefficient (Wildman–Crippen LogP) is 3.38. The van der Waals surface area contributed by atoms with Crippen LogP contribution in [-0.2, 0) is 5.75 Å². The zero-order valence-corrected chi connectivity index (χ0v) is 12.1. The molecule has 4 nitrogen and oxygen atoms in total. The molecule has 1 heterocycles. The number of rotatable bonds is 4. The molecule has 1 aliphatic carbocycles. The number of nitrogens with zero attached hydrogens (tertiary/aromatic N) is 2. The fourth-order valence-electron chi connectivity index (χ4n) is 2.54. The molecular formula is C15H18N2O2S. The van der Waals surface area contributed by atoms with E-state index in [9.17, 15) is 5.11 Å². The predicted molar refractivity (Wildman–Crippen MR) is 77.5 cm³/mol. The number of benzene rings is 1. The van der Waals surface area contributed by atoms with Crippen molar-refractivity contribution in [1.82, 2.24) is 10.1 Å². The highest BCUT2D eigenvalue weighted by Gasteiger charge is 2.29. The SMILES string of the molecule is OC1CCCCC1c1nc(CSc2ccccc2)no1. The molecule has 2 atom stereocenters. The van der Waals surface area contributed by atoms with Gasteiger partial charge in [-0.05, 0) is 25.0 Å².